The first-order valence-corrected chi connectivity index (χ1v) is 10.8. The molecule has 29 heavy (non-hydrogen) atoms. The molecule has 1 fully saturated rings. The molecule has 1 aliphatic carbocycles. The van der Waals surface area contributed by atoms with Crippen LogP contribution in [0, 0.1) is 13.8 Å². The number of hydrogen-bond acceptors (Lipinski definition) is 7. The maximum Gasteiger partial charge on any atom is 0.224 e. The Bertz CT molecular complexity index is 1020. The van der Waals surface area contributed by atoms with Gasteiger partial charge in [0, 0.05) is 29.1 Å². The van der Waals surface area contributed by atoms with Crippen LogP contribution < -0.4 is 5.32 Å². The summed E-state index contributed by atoms with van der Waals surface area (Å²) in [5.41, 5.74) is 4.54. The molecule has 3 aromatic rings. The standard InChI is InChI=1S/C20H23N7OS/c1-12-17(13(2)22-20(21-12)29-3)9-10-18(28)23-15-6-4-5-14(11-15)19-24-25-26-27(19)16-7-8-16/h4-6,11,16H,7-10H2,1-3H3,(H,23,28). The lowest BCUT2D eigenvalue weighted by atomic mass is 10.1. The van der Waals surface area contributed by atoms with E-state index in [-0.39, 0.29) is 5.91 Å². The van der Waals surface area contributed by atoms with Gasteiger partial charge in [-0.2, -0.15) is 0 Å². The van der Waals surface area contributed by atoms with Crippen LogP contribution in [0.2, 0.25) is 0 Å². The molecule has 0 atom stereocenters. The first-order valence-electron chi connectivity index (χ1n) is 9.61. The summed E-state index contributed by atoms with van der Waals surface area (Å²) in [6.45, 7) is 3.93. The van der Waals surface area contributed by atoms with Crippen molar-refractivity contribution in [3.8, 4) is 11.4 Å². The van der Waals surface area contributed by atoms with E-state index in [1.165, 1.54) is 11.8 Å². The third-order valence-corrected chi connectivity index (χ3v) is 5.52. The maximum absolute atomic E-state index is 12.5. The molecule has 2 heterocycles. The number of thioether (sulfide) groups is 1. The Morgan fingerprint density at radius 3 is 2.69 bits per heavy atom. The van der Waals surface area contributed by atoms with Crippen molar-refractivity contribution in [2.24, 2.45) is 0 Å². The molecule has 1 aliphatic rings. The van der Waals surface area contributed by atoms with Crippen LogP contribution in [-0.4, -0.2) is 42.3 Å². The van der Waals surface area contributed by atoms with E-state index in [2.05, 4.69) is 30.8 Å². The molecule has 2 aromatic heterocycles. The van der Waals surface area contributed by atoms with E-state index >= 15 is 0 Å². The topological polar surface area (TPSA) is 98.5 Å². The molecule has 1 N–H and O–H groups in total. The largest absolute Gasteiger partial charge is 0.326 e. The molecule has 1 saturated carbocycles. The molecule has 1 aromatic carbocycles. The number of tetrazole rings is 1. The number of hydrogen-bond donors (Lipinski definition) is 1. The Hall–Kier alpha value is -2.81. The Balaban J connectivity index is 1.42. The van der Waals surface area contributed by atoms with Crippen molar-refractivity contribution < 1.29 is 4.79 Å². The van der Waals surface area contributed by atoms with Gasteiger partial charge >= 0.3 is 0 Å². The predicted molar refractivity (Wildman–Crippen MR) is 112 cm³/mol. The first kappa shape index (κ1) is 19.5. The van der Waals surface area contributed by atoms with Crippen molar-refractivity contribution in [1.29, 1.82) is 0 Å². The summed E-state index contributed by atoms with van der Waals surface area (Å²) in [6.07, 6.45) is 5.15. The molecular weight excluding hydrogens is 386 g/mol. The number of rotatable bonds is 7. The van der Waals surface area contributed by atoms with Crippen LogP contribution >= 0.6 is 11.8 Å². The van der Waals surface area contributed by atoms with Crippen LogP contribution in [0.4, 0.5) is 5.69 Å². The van der Waals surface area contributed by atoms with Gasteiger partial charge < -0.3 is 5.32 Å². The normalized spacial score (nSPS) is 13.5. The van der Waals surface area contributed by atoms with Gasteiger partial charge in [-0.1, -0.05) is 23.9 Å². The summed E-state index contributed by atoms with van der Waals surface area (Å²) in [4.78, 5) is 21.5. The number of amides is 1. The number of aromatic nitrogens is 6. The van der Waals surface area contributed by atoms with Crippen molar-refractivity contribution in [2.75, 3.05) is 11.6 Å². The van der Waals surface area contributed by atoms with Gasteiger partial charge in [0.2, 0.25) is 5.91 Å². The smallest absolute Gasteiger partial charge is 0.224 e. The van der Waals surface area contributed by atoms with Crippen molar-refractivity contribution in [3.05, 3.63) is 41.2 Å². The van der Waals surface area contributed by atoms with Gasteiger partial charge in [-0.3, -0.25) is 4.79 Å². The number of benzene rings is 1. The number of carbonyl (C=O) groups excluding carboxylic acids is 1. The Labute approximate surface area is 173 Å². The lowest BCUT2D eigenvalue weighted by molar-refractivity contribution is -0.116. The van der Waals surface area contributed by atoms with Crippen LogP contribution in [0.3, 0.4) is 0 Å². The van der Waals surface area contributed by atoms with E-state index < -0.39 is 0 Å². The van der Waals surface area contributed by atoms with E-state index in [0.717, 1.165) is 52.0 Å². The fraction of sp³-hybridized carbons (Fsp3) is 0.400. The second kappa shape index (κ2) is 8.28. The summed E-state index contributed by atoms with van der Waals surface area (Å²) >= 11 is 1.52. The summed E-state index contributed by atoms with van der Waals surface area (Å²) in [6, 6.07) is 8.04. The van der Waals surface area contributed by atoms with Crippen molar-refractivity contribution in [2.45, 2.75) is 50.7 Å². The fourth-order valence-electron chi connectivity index (χ4n) is 3.31. The number of nitrogens with zero attached hydrogens (tertiary/aromatic N) is 6. The van der Waals surface area contributed by atoms with Crippen molar-refractivity contribution in [1.82, 2.24) is 30.2 Å². The van der Waals surface area contributed by atoms with Crippen LogP contribution in [0.1, 0.15) is 42.3 Å². The Morgan fingerprint density at radius 2 is 2.00 bits per heavy atom. The second-order valence-electron chi connectivity index (χ2n) is 7.17. The summed E-state index contributed by atoms with van der Waals surface area (Å²) in [5, 5.41) is 15.8. The lowest BCUT2D eigenvalue weighted by Crippen LogP contribution is -2.14. The van der Waals surface area contributed by atoms with E-state index in [1.807, 2.05) is 49.1 Å². The molecule has 0 spiro atoms. The molecule has 0 saturated heterocycles. The fourth-order valence-corrected chi connectivity index (χ4v) is 3.76. The highest BCUT2D eigenvalue weighted by molar-refractivity contribution is 7.98. The molecule has 8 nitrogen and oxygen atoms in total. The highest BCUT2D eigenvalue weighted by Crippen LogP contribution is 2.36. The molecule has 0 radical (unpaired) electrons. The van der Waals surface area contributed by atoms with Gasteiger partial charge in [0.25, 0.3) is 0 Å². The SMILES string of the molecule is CSc1nc(C)c(CCC(=O)Nc2cccc(-c3nnnn3C3CC3)c2)c(C)n1. The lowest BCUT2D eigenvalue weighted by Gasteiger charge is -2.11. The molecular formula is C20H23N7OS. The molecule has 0 unspecified atom stereocenters. The van der Waals surface area contributed by atoms with Gasteiger partial charge in [-0.05, 0) is 67.5 Å². The molecule has 4 rings (SSSR count). The quantitative estimate of drug-likeness (QED) is 0.472. The van der Waals surface area contributed by atoms with E-state index in [0.29, 0.717) is 18.9 Å². The van der Waals surface area contributed by atoms with Crippen LogP contribution in [-0.2, 0) is 11.2 Å². The van der Waals surface area contributed by atoms with Gasteiger partial charge in [0.1, 0.15) is 0 Å². The average Bonchev–Trinajstić information content (AvgIpc) is 3.43. The van der Waals surface area contributed by atoms with E-state index in [1.54, 1.807) is 0 Å². The monoisotopic (exact) mass is 409 g/mol. The number of carbonyl (C=O) groups is 1. The molecule has 0 bridgehead atoms. The summed E-state index contributed by atoms with van der Waals surface area (Å²) in [7, 11) is 0. The predicted octanol–water partition coefficient (Wildman–Crippen LogP) is 3.38. The number of anilines is 1. The minimum Gasteiger partial charge on any atom is -0.326 e. The van der Waals surface area contributed by atoms with Crippen LogP contribution in [0.15, 0.2) is 29.4 Å². The number of aryl methyl sites for hydroxylation is 2. The third-order valence-electron chi connectivity index (χ3n) is 4.97. The van der Waals surface area contributed by atoms with E-state index in [4.69, 9.17) is 0 Å². The highest BCUT2D eigenvalue weighted by atomic mass is 32.2. The van der Waals surface area contributed by atoms with Crippen molar-refractivity contribution >= 4 is 23.4 Å². The minimum atomic E-state index is -0.0447. The average molecular weight is 410 g/mol. The highest BCUT2D eigenvalue weighted by Gasteiger charge is 2.28. The maximum atomic E-state index is 12.5. The Morgan fingerprint density at radius 1 is 1.24 bits per heavy atom. The van der Waals surface area contributed by atoms with E-state index in [9.17, 15) is 4.79 Å². The molecule has 1 amide bonds. The van der Waals surface area contributed by atoms with Gasteiger partial charge in [-0.25, -0.2) is 14.6 Å². The zero-order chi connectivity index (χ0) is 20.4. The Kier molecular flexibility index (Phi) is 5.57. The second-order valence-corrected chi connectivity index (χ2v) is 7.94. The third kappa shape index (κ3) is 4.45. The van der Waals surface area contributed by atoms with Crippen molar-refractivity contribution in [3.63, 3.8) is 0 Å². The zero-order valence-corrected chi connectivity index (χ0v) is 17.5. The van der Waals surface area contributed by atoms with Gasteiger partial charge in [0.05, 0.1) is 6.04 Å². The number of nitrogens with one attached hydrogen (secondary N) is 1. The minimum absolute atomic E-state index is 0.0447. The molecule has 9 heteroatoms. The summed E-state index contributed by atoms with van der Waals surface area (Å²) in [5.74, 6) is 0.692. The first-order chi connectivity index (χ1) is 14.0. The van der Waals surface area contributed by atoms with Gasteiger partial charge in [0.15, 0.2) is 11.0 Å². The zero-order valence-electron chi connectivity index (χ0n) is 16.7. The molecule has 0 aliphatic heterocycles. The van der Waals surface area contributed by atoms with Crippen LogP contribution in [0.25, 0.3) is 11.4 Å². The van der Waals surface area contributed by atoms with Gasteiger partial charge in [-0.15, -0.1) is 5.10 Å². The molecule has 150 valence electrons. The summed E-state index contributed by atoms with van der Waals surface area (Å²) < 4.78 is 1.87. The van der Waals surface area contributed by atoms with Crippen LogP contribution in [0.5, 0.6) is 0 Å².